The molecule has 0 bridgehead atoms. The van der Waals surface area contributed by atoms with Crippen LogP contribution in [0.3, 0.4) is 0 Å². The van der Waals surface area contributed by atoms with E-state index < -0.39 is 16.6 Å². The fraction of sp³-hybridized carbons (Fsp3) is 0.176. The lowest BCUT2D eigenvalue weighted by Gasteiger charge is -2.37. The van der Waals surface area contributed by atoms with Crippen LogP contribution in [0.1, 0.15) is 12.5 Å². The highest BCUT2D eigenvalue weighted by Crippen LogP contribution is 2.45. The van der Waals surface area contributed by atoms with Crippen molar-refractivity contribution >= 4 is 29.3 Å². The number of carbonyl (C=O) groups excluding carboxylic acids is 1. The lowest BCUT2D eigenvalue weighted by molar-refractivity contribution is -0.143. The molecule has 1 N–H and O–H groups in total. The number of rotatable bonds is 3. The van der Waals surface area contributed by atoms with Gasteiger partial charge in [0, 0.05) is 4.90 Å². The highest BCUT2D eigenvalue weighted by Gasteiger charge is 2.49. The molecule has 0 radical (unpaired) electrons. The zero-order valence-electron chi connectivity index (χ0n) is 12.0. The first kappa shape index (κ1) is 14.7. The van der Waals surface area contributed by atoms with E-state index in [2.05, 4.69) is 0 Å². The highest BCUT2D eigenvalue weighted by atomic mass is 32.2. The maximum atomic E-state index is 12.8. The predicted octanol–water partition coefficient (Wildman–Crippen LogP) is 3.17. The van der Waals surface area contributed by atoms with E-state index in [0.717, 1.165) is 27.9 Å². The maximum Gasteiger partial charge on any atom is 0.329 e. The number of para-hydroxylation sites is 1. The zero-order chi connectivity index (χ0) is 15.7. The Morgan fingerprint density at radius 3 is 2.45 bits per heavy atom. The molecule has 3 rings (SSSR count). The Hall–Kier alpha value is -2.27. The van der Waals surface area contributed by atoms with Gasteiger partial charge in [0.1, 0.15) is 0 Å². The number of thioether (sulfide) groups is 1. The first-order valence-electron chi connectivity index (χ1n) is 6.90. The minimum absolute atomic E-state index is 0.361. The van der Waals surface area contributed by atoms with Crippen molar-refractivity contribution in [1.82, 2.24) is 0 Å². The van der Waals surface area contributed by atoms with E-state index in [1.54, 1.807) is 4.90 Å². The molecule has 0 aliphatic carbocycles. The molecule has 2 aromatic carbocycles. The first-order chi connectivity index (χ1) is 10.5. The van der Waals surface area contributed by atoms with Crippen LogP contribution in [0.4, 0.5) is 5.69 Å². The number of carboxylic acids is 1. The standard InChI is InChI=1S/C17H15NO3S/c1-17(16(20)21)15(19)18(11-12-7-3-2-4-8-12)13-9-5-6-10-14(13)22-17/h2-10H,11H2,1H3,(H,20,21). The summed E-state index contributed by atoms with van der Waals surface area (Å²) in [5.41, 5.74) is 1.73. The van der Waals surface area contributed by atoms with Crippen molar-refractivity contribution in [2.75, 3.05) is 4.90 Å². The highest BCUT2D eigenvalue weighted by molar-refractivity contribution is 8.02. The Labute approximate surface area is 132 Å². The van der Waals surface area contributed by atoms with Gasteiger partial charge in [-0.25, -0.2) is 0 Å². The van der Waals surface area contributed by atoms with Gasteiger partial charge >= 0.3 is 5.97 Å². The van der Waals surface area contributed by atoms with Crippen LogP contribution in [0, 0.1) is 0 Å². The third-order valence-electron chi connectivity index (χ3n) is 3.72. The second-order valence-electron chi connectivity index (χ2n) is 5.29. The normalized spacial score (nSPS) is 20.6. The van der Waals surface area contributed by atoms with Gasteiger partial charge in [-0.15, -0.1) is 0 Å². The molecular formula is C17H15NO3S. The van der Waals surface area contributed by atoms with E-state index in [0.29, 0.717) is 6.54 Å². The van der Waals surface area contributed by atoms with Gasteiger partial charge in [-0.2, -0.15) is 0 Å². The number of carbonyl (C=O) groups is 2. The average molecular weight is 313 g/mol. The third-order valence-corrected chi connectivity index (χ3v) is 5.04. The predicted molar refractivity (Wildman–Crippen MR) is 86.0 cm³/mol. The molecule has 0 spiro atoms. The molecule has 0 fully saturated rings. The van der Waals surface area contributed by atoms with Gasteiger partial charge in [-0.1, -0.05) is 54.2 Å². The second kappa shape index (κ2) is 5.50. The van der Waals surface area contributed by atoms with E-state index >= 15 is 0 Å². The Morgan fingerprint density at radius 1 is 1.14 bits per heavy atom. The van der Waals surface area contributed by atoms with Crippen LogP contribution < -0.4 is 4.90 Å². The van der Waals surface area contributed by atoms with Crippen molar-refractivity contribution in [3.63, 3.8) is 0 Å². The molecule has 112 valence electrons. The van der Waals surface area contributed by atoms with Gasteiger partial charge in [-0.3, -0.25) is 9.59 Å². The third kappa shape index (κ3) is 2.37. The van der Waals surface area contributed by atoms with Crippen LogP contribution >= 0.6 is 11.8 Å². The molecule has 0 aromatic heterocycles. The fourth-order valence-electron chi connectivity index (χ4n) is 2.46. The number of aliphatic carboxylic acids is 1. The number of anilines is 1. The lowest BCUT2D eigenvalue weighted by Crippen LogP contribution is -2.52. The number of carboxylic acid groups (broad SMARTS) is 1. The second-order valence-corrected chi connectivity index (χ2v) is 6.75. The first-order valence-corrected chi connectivity index (χ1v) is 7.71. The molecular weight excluding hydrogens is 298 g/mol. The summed E-state index contributed by atoms with van der Waals surface area (Å²) in [7, 11) is 0. The molecule has 22 heavy (non-hydrogen) atoms. The Kier molecular flexibility index (Phi) is 3.66. The molecule has 0 saturated heterocycles. The van der Waals surface area contributed by atoms with Crippen LogP contribution in [-0.4, -0.2) is 21.7 Å². The molecule has 1 aliphatic rings. The number of amides is 1. The van der Waals surface area contributed by atoms with E-state index in [4.69, 9.17) is 0 Å². The van der Waals surface area contributed by atoms with E-state index in [-0.39, 0.29) is 0 Å². The monoisotopic (exact) mass is 313 g/mol. The van der Waals surface area contributed by atoms with Crippen molar-refractivity contribution in [2.24, 2.45) is 0 Å². The van der Waals surface area contributed by atoms with Crippen LogP contribution in [0.2, 0.25) is 0 Å². The molecule has 1 heterocycles. The molecule has 5 heteroatoms. The average Bonchev–Trinajstić information content (AvgIpc) is 2.52. The molecule has 4 nitrogen and oxygen atoms in total. The Balaban J connectivity index is 2.06. The summed E-state index contributed by atoms with van der Waals surface area (Å²) in [4.78, 5) is 26.8. The van der Waals surface area contributed by atoms with E-state index in [1.807, 2.05) is 54.6 Å². The number of benzene rings is 2. The van der Waals surface area contributed by atoms with Crippen LogP contribution in [-0.2, 0) is 16.1 Å². The van der Waals surface area contributed by atoms with Gasteiger partial charge in [-0.05, 0) is 24.6 Å². The molecule has 1 aliphatic heterocycles. The number of nitrogens with zero attached hydrogens (tertiary/aromatic N) is 1. The van der Waals surface area contributed by atoms with E-state index in [9.17, 15) is 14.7 Å². The van der Waals surface area contributed by atoms with Crippen LogP contribution in [0.5, 0.6) is 0 Å². The summed E-state index contributed by atoms with van der Waals surface area (Å²) in [5, 5.41) is 9.51. The SMILES string of the molecule is CC1(C(=O)O)Sc2ccccc2N(Cc2ccccc2)C1=O. The zero-order valence-corrected chi connectivity index (χ0v) is 12.8. The lowest BCUT2D eigenvalue weighted by atomic mass is 10.1. The Morgan fingerprint density at radius 2 is 1.77 bits per heavy atom. The van der Waals surface area contributed by atoms with Crippen molar-refractivity contribution in [2.45, 2.75) is 23.1 Å². The molecule has 1 unspecified atom stereocenters. The van der Waals surface area contributed by atoms with Crippen molar-refractivity contribution in [3.05, 3.63) is 60.2 Å². The minimum atomic E-state index is -1.50. The quantitative estimate of drug-likeness (QED) is 0.884. The summed E-state index contributed by atoms with van der Waals surface area (Å²) >= 11 is 1.10. The summed E-state index contributed by atoms with van der Waals surface area (Å²) < 4.78 is -1.50. The van der Waals surface area contributed by atoms with Crippen molar-refractivity contribution in [1.29, 1.82) is 0 Å². The maximum absolute atomic E-state index is 12.8. The minimum Gasteiger partial charge on any atom is -0.480 e. The van der Waals surface area contributed by atoms with Crippen molar-refractivity contribution in [3.8, 4) is 0 Å². The Bertz CT molecular complexity index is 732. The molecule has 2 aromatic rings. The largest absolute Gasteiger partial charge is 0.480 e. The number of fused-ring (bicyclic) bond motifs is 1. The van der Waals surface area contributed by atoms with Gasteiger partial charge in [0.2, 0.25) is 0 Å². The summed E-state index contributed by atoms with van der Waals surface area (Å²) in [6, 6.07) is 17.0. The smallest absolute Gasteiger partial charge is 0.329 e. The molecule has 0 saturated carbocycles. The van der Waals surface area contributed by atoms with E-state index in [1.165, 1.54) is 6.92 Å². The summed E-state index contributed by atoms with van der Waals surface area (Å²) in [6.45, 7) is 1.83. The van der Waals surface area contributed by atoms with Crippen LogP contribution in [0.15, 0.2) is 59.5 Å². The summed E-state index contributed by atoms with van der Waals surface area (Å²) in [6.07, 6.45) is 0. The molecule has 1 atom stereocenters. The van der Waals surface area contributed by atoms with Gasteiger partial charge < -0.3 is 10.0 Å². The van der Waals surface area contributed by atoms with Crippen LogP contribution in [0.25, 0.3) is 0 Å². The van der Waals surface area contributed by atoms with Crippen molar-refractivity contribution < 1.29 is 14.7 Å². The van der Waals surface area contributed by atoms with Gasteiger partial charge in [0.15, 0.2) is 4.75 Å². The number of hydrogen-bond acceptors (Lipinski definition) is 3. The van der Waals surface area contributed by atoms with Gasteiger partial charge in [0.05, 0.1) is 12.2 Å². The topological polar surface area (TPSA) is 57.6 Å². The van der Waals surface area contributed by atoms with Gasteiger partial charge in [0.25, 0.3) is 5.91 Å². The summed E-state index contributed by atoms with van der Waals surface area (Å²) in [5.74, 6) is -1.51. The fourth-order valence-corrected chi connectivity index (χ4v) is 3.61. The molecule has 1 amide bonds. The number of hydrogen-bond donors (Lipinski definition) is 1.